The van der Waals surface area contributed by atoms with Crippen molar-refractivity contribution in [3.8, 4) is 0 Å². The van der Waals surface area contributed by atoms with Crippen molar-refractivity contribution in [1.29, 1.82) is 0 Å². The lowest BCUT2D eigenvalue weighted by molar-refractivity contribution is -0.0273. The van der Waals surface area contributed by atoms with Crippen LogP contribution in [-0.2, 0) is 4.74 Å². The molecule has 92 valence electrons. The smallest absolute Gasteiger partial charge is 0.147 e. The predicted molar refractivity (Wildman–Crippen MR) is 69.0 cm³/mol. The highest BCUT2D eigenvalue weighted by atomic mass is 79.9. The minimum absolute atomic E-state index is 0.278. The van der Waals surface area contributed by atoms with Gasteiger partial charge in [-0.1, -0.05) is 0 Å². The molecule has 0 aromatic carbocycles. The number of nitrogens with zero attached hydrogens (tertiary/aromatic N) is 3. The minimum Gasteiger partial charge on any atom is -0.371 e. The molecule has 3 rings (SSSR count). The summed E-state index contributed by atoms with van der Waals surface area (Å²) in [5, 5.41) is 0. The van der Waals surface area contributed by atoms with Crippen LogP contribution in [0.1, 0.15) is 19.8 Å². The minimum atomic E-state index is 0.278. The third kappa shape index (κ3) is 2.60. The first-order valence-electron chi connectivity index (χ1n) is 6.10. The first-order chi connectivity index (χ1) is 8.22. The maximum atomic E-state index is 5.99. The number of hydrogen-bond donors (Lipinski definition) is 0. The number of aromatic nitrogens is 2. The summed E-state index contributed by atoms with van der Waals surface area (Å²) in [5.41, 5.74) is 0. The van der Waals surface area contributed by atoms with Crippen molar-refractivity contribution in [2.45, 2.75) is 32.0 Å². The van der Waals surface area contributed by atoms with Gasteiger partial charge in [0.2, 0.25) is 0 Å². The molecule has 2 aliphatic rings. The first kappa shape index (κ1) is 11.4. The lowest BCUT2D eigenvalue weighted by Crippen LogP contribution is -2.47. The number of halogens is 1. The summed E-state index contributed by atoms with van der Waals surface area (Å²) >= 11 is 3.31. The Bertz CT molecular complexity index is 393. The second kappa shape index (κ2) is 4.53. The number of anilines is 1. The summed E-state index contributed by atoms with van der Waals surface area (Å²) in [6.45, 7) is 3.98. The van der Waals surface area contributed by atoms with Crippen LogP contribution in [0.2, 0.25) is 0 Å². The van der Waals surface area contributed by atoms with Crippen LogP contribution in [0.3, 0.4) is 0 Å². The van der Waals surface area contributed by atoms with Gasteiger partial charge in [-0.15, -0.1) is 0 Å². The summed E-state index contributed by atoms with van der Waals surface area (Å²) in [6.07, 6.45) is 6.87. The molecule has 1 aliphatic carbocycles. The van der Waals surface area contributed by atoms with Gasteiger partial charge in [-0.05, 0) is 41.6 Å². The van der Waals surface area contributed by atoms with Gasteiger partial charge in [-0.3, -0.25) is 0 Å². The van der Waals surface area contributed by atoms with Gasteiger partial charge in [0.25, 0.3) is 0 Å². The van der Waals surface area contributed by atoms with Crippen molar-refractivity contribution in [2.24, 2.45) is 5.92 Å². The van der Waals surface area contributed by atoms with Crippen molar-refractivity contribution in [3.63, 3.8) is 0 Å². The predicted octanol–water partition coefficient (Wildman–Crippen LogP) is 2.24. The second-order valence-corrected chi connectivity index (χ2v) is 5.74. The number of morpholine rings is 1. The molecule has 1 saturated carbocycles. The fourth-order valence-corrected chi connectivity index (χ4v) is 2.58. The maximum absolute atomic E-state index is 5.99. The van der Waals surface area contributed by atoms with Crippen molar-refractivity contribution in [1.82, 2.24) is 9.97 Å². The molecule has 1 aliphatic heterocycles. The first-order valence-corrected chi connectivity index (χ1v) is 6.89. The molecule has 0 bridgehead atoms. The molecule has 5 heteroatoms. The zero-order chi connectivity index (χ0) is 11.8. The number of rotatable bonds is 2. The van der Waals surface area contributed by atoms with E-state index in [2.05, 4.69) is 37.7 Å². The molecule has 0 amide bonds. The van der Waals surface area contributed by atoms with Crippen LogP contribution in [0.5, 0.6) is 0 Å². The van der Waals surface area contributed by atoms with Crippen LogP contribution in [0, 0.1) is 5.92 Å². The van der Waals surface area contributed by atoms with E-state index in [-0.39, 0.29) is 6.10 Å². The van der Waals surface area contributed by atoms with Gasteiger partial charge in [0.15, 0.2) is 0 Å². The monoisotopic (exact) mass is 297 g/mol. The Morgan fingerprint density at radius 1 is 1.29 bits per heavy atom. The molecule has 1 aromatic heterocycles. The van der Waals surface area contributed by atoms with Crippen LogP contribution >= 0.6 is 15.9 Å². The molecule has 0 spiro atoms. The third-order valence-electron chi connectivity index (χ3n) is 3.36. The fourth-order valence-electron chi connectivity index (χ4n) is 2.37. The van der Waals surface area contributed by atoms with E-state index in [1.807, 2.05) is 6.20 Å². The van der Waals surface area contributed by atoms with Gasteiger partial charge in [0.1, 0.15) is 10.4 Å². The van der Waals surface area contributed by atoms with Gasteiger partial charge in [0, 0.05) is 13.1 Å². The largest absolute Gasteiger partial charge is 0.371 e. The average molecular weight is 298 g/mol. The zero-order valence-corrected chi connectivity index (χ0v) is 11.4. The van der Waals surface area contributed by atoms with E-state index in [0.29, 0.717) is 6.10 Å². The SMILES string of the molecule is C[C@H]1CN(c2cnc(Br)cn2)C[C@@H](C2CC2)O1. The highest BCUT2D eigenvalue weighted by Crippen LogP contribution is 2.37. The Morgan fingerprint density at radius 2 is 2.12 bits per heavy atom. The second-order valence-electron chi connectivity index (χ2n) is 4.92. The maximum Gasteiger partial charge on any atom is 0.147 e. The normalized spacial score (nSPS) is 29.4. The Morgan fingerprint density at radius 3 is 2.76 bits per heavy atom. The third-order valence-corrected chi connectivity index (χ3v) is 3.77. The van der Waals surface area contributed by atoms with Gasteiger partial charge in [-0.2, -0.15) is 0 Å². The molecule has 17 heavy (non-hydrogen) atoms. The van der Waals surface area contributed by atoms with E-state index < -0.39 is 0 Å². The van der Waals surface area contributed by atoms with Gasteiger partial charge in [-0.25, -0.2) is 9.97 Å². The van der Waals surface area contributed by atoms with Crippen molar-refractivity contribution >= 4 is 21.7 Å². The van der Waals surface area contributed by atoms with E-state index in [4.69, 9.17) is 4.74 Å². The summed E-state index contributed by atoms with van der Waals surface area (Å²) in [5.74, 6) is 1.72. The van der Waals surface area contributed by atoms with Gasteiger partial charge >= 0.3 is 0 Å². The molecular formula is C12H16BrN3O. The fraction of sp³-hybridized carbons (Fsp3) is 0.667. The quantitative estimate of drug-likeness (QED) is 0.839. The number of ether oxygens (including phenoxy) is 1. The van der Waals surface area contributed by atoms with Crippen LogP contribution in [0.4, 0.5) is 5.82 Å². The molecule has 2 fully saturated rings. The van der Waals surface area contributed by atoms with Crippen LogP contribution in [0.15, 0.2) is 17.0 Å². The molecule has 2 heterocycles. The standard InChI is InChI=1S/C12H16BrN3O/c1-8-6-16(7-10(17-8)9-2-3-9)12-5-14-11(13)4-15-12/h4-5,8-10H,2-3,6-7H2,1H3/t8-,10-/m0/s1. The van der Waals surface area contributed by atoms with E-state index in [9.17, 15) is 0 Å². The van der Waals surface area contributed by atoms with Gasteiger partial charge < -0.3 is 9.64 Å². The highest BCUT2D eigenvalue weighted by molar-refractivity contribution is 9.10. The van der Waals surface area contributed by atoms with E-state index in [1.54, 1.807) is 6.20 Å². The molecule has 0 radical (unpaired) electrons. The molecule has 1 aromatic rings. The van der Waals surface area contributed by atoms with E-state index in [0.717, 1.165) is 29.4 Å². The molecule has 0 N–H and O–H groups in total. The molecule has 2 atom stereocenters. The molecule has 4 nitrogen and oxygen atoms in total. The average Bonchev–Trinajstić information content (AvgIpc) is 3.13. The topological polar surface area (TPSA) is 38.2 Å². The Labute approximate surface area is 110 Å². The van der Waals surface area contributed by atoms with Crippen LogP contribution < -0.4 is 4.90 Å². The van der Waals surface area contributed by atoms with Crippen LogP contribution in [-0.4, -0.2) is 35.3 Å². The Kier molecular flexibility index (Phi) is 3.04. The van der Waals surface area contributed by atoms with Crippen LogP contribution in [0.25, 0.3) is 0 Å². The van der Waals surface area contributed by atoms with Crippen molar-refractivity contribution in [2.75, 3.05) is 18.0 Å². The lowest BCUT2D eigenvalue weighted by Gasteiger charge is -2.37. The molecular weight excluding hydrogens is 282 g/mol. The zero-order valence-electron chi connectivity index (χ0n) is 9.84. The molecule has 1 saturated heterocycles. The summed E-state index contributed by atoms with van der Waals surface area (Å²) in [7, 11) is 0. The Balaban J connectivity index is 1.75. The molecule has 0 unspecified atom stereocenters. The summed E-state index contributed by atoms with van der Waals surface area (Å²) in [6, 6.07) is 0. The highest BCUT2D eigenvalue weighted by Gasteiger charge is 2.37. The van der Waals surface area contributed by atoms with Crippen molar-refractivity contribution in [3.05, 3.63) is 17.0 Å². The lowest BCUT2D eigenvalue weighted by atomic mass is 10.1. The summed E-state index contributed by atoms with van der Waals surface area (Å²) in [4.78, 5) is 10.9. The van der Waals surface area contributed by atoms with Gasteiger partial charge in [0.05, 0.1) is 24.6 Å². The number of hydrogen-bond acceptors (Lipinski definition) is 4. The van der Waals surface area contributed by atoms with Crippen molar-refractivity contribution < 1.29 is 4.74 Å². The van der Waals surface area contributed by atoms with E-state index >= 15 is 0 Å². The van der Waals surface area contributed by atoms with E-state index in [1.165, 1.54) is 12.8 Å². The summed E-state index contributed by atoms with van der Waals surface area (Å²) < 4.78 is 6.77. The Hall–Kier alpha value is -0.680.